The van der Waals surface area contributed by atoms with E-state index < -0.39 is 11.7 Å². The maximum absolute atomic E-state index is 13.0. The molecule has 0 bridgehead atoms. The van der Waals surface area contributed by atoms with Gasteiger partial charge >= 0.3 is 0 Å². The van der Waals surface area contributed by atoms with Crippen LogP contribution < -0.4 is 14.9 Å². The first kappa shape index (κ1) is 22.7. The van der Waals surface area contributed by atoms with Gasteiger partial charge in [-0.05, 0) is 80.9 Å². The van der Waals surface area contributed by atoms with E-state index in [4.69, 9.17) is 9.47 Å². The standard InChI is InChI=1S/C26H20FIN2O3/c1-32-24-14-17(15-29-30-26(31)19-9-11-21(27)12-10-19)13-23(28)25(24)33-16-20-7-4-6-18-5-2-3-8-22(18)20/h2-15H,16H2,1H3,(H,30,31)/b29-15-. The van der Waals surface area contributed by atoms with Gasteiger partial charge in [-0.3, -0.25) is 4.79 Å². The summed E-state index contributed by atoms with van der Waals surface area (Å²) in [5, 5.41) is 6.31. The molecule has 0 saturated carbocycles. The lowest BCUT2D eigenvalue weighted by Crippen LogP contribution is -2.17. The number of amides is 1. The molecular formula is C26H20FIN2O3. The number of fused-ring (bicyclic) bond motifs is 1. The molecule has 166 valence electrons. The minimum absolute atomic E-state index is 0.317. The lowest BCUT2D eigenvalue weighted by Gasteiger charge is -2.14. The topological polar surface area (TPSA) is 59.9 Å². The number of hydrogen-bond acceptors (Lipinski definition) is 4. The van der Waals surface area contributed by atoms with Crippen LogP contribution in [0.2, 0.25) is 0 Å². The average Bonchev–Trinajstić information content (AvgIpc) is 2.83. The third-order valence-corrected chi connectivity index (χ3v) is 5.79. The van der Waals surface area contributed by atoms with Crippen LogP contribution in [0.1, 0.15) is 21.5 Å². The fraction of sp³-hybridized carbons (Fsp3) is 0.0769. The molecular weight excluding hydrogens is 534 g/mol. The van der Waals surface area contributed by atoms with Gasteiger partial charge in [-0.2, -0.15) is 5.10 Å². The van der Waals surface area contributed by atoms with E-state index >= 15 is 0 Å². The normalized spacial score (nSPS) is 11.0. The molecule has 0 aromatic heterocycles. The zero-order chi connectivity index (χ0) is 23.2. The highest BCUT2D eigenvalue weighted by Crippen LogP contribution is 2.34. The van der Waals surface area contributed by atoms with Crippen molar-refractivity contribution >= 4 is 45.5 Å². The molecule has 0 radical (unpaired) electrons. The molecule has 0 aliphatic rings. The minimum Gasteiger partial charge on any atom is -0.493 e. The highest BCUT2D eigenvalue weighted by atomic mass is 127. The summed E-state index contributed by atoms with van der Waals surface area (Å²) in [6, 6.07) is 23.2. The van der Waals surface area contributed by atoms with Gasteiger partial charge in [0.05, 0.1) is 16.9 Å². The van der Waals surface area contributed by atoms with Gasteiger partial charge in [0.2, 0.25) is 0 Å². The Hall–Kier alpha value is -3.46. The maximum Gasteiger partial charge on any atom is 0.271 e. The fourth-order valence-electron chi connectivity index (χ4n) is 3.35. The van der Waals surface area contributed by atoms with Crippen LogP contribution in [0.3, 0.4) is 0 Å². The second kappa shape index (κ2) is 10.4. The van der Waals surface area contributed by atoms with Crippen molar-refractivity contribution in [2.75, 3.05) is 7.11 Å². The summed E-state index contributed by atoms with van der Waals surface area (Å²) in [5.41, 5.74) is 4.57. The largest absolute Gasteiger partial charge is 0.493 e. The first-order chi connectivity index (χ1) is 16.0. The van der Waals surface area contributed by atoms with Gasteiger partial charge in [-0.15, -0.1) is 0 Å². The van der Waals surface area contributed by atoms with E-state index in [9.17, 15) is 9.18 Å². The molecule has 7 heteroatoms. The van der Waals surface area contributed by atoms with Crippen molar-refractivity contribution in [2.45, 2.75) is 6.61 Å². The molecule has 5 nitrogen and oxygen atoms in total. The van der Waals surface area contributed by atoms with E-state index in [1.54, 1.807) is 13.2 Å². The Labute approximate surface area is 204 Å². The third-order valence-electron chi connectivity index (χ3n) is 4.99. The van der Waals surface area contributed by atoms with Gasteiger partial charge in [0.1, 0.15) is 12.4 Å². The van der Waals surface area contributed by atoms with Crippen molar-refractivity contribution < 1.29 is 18.7 Å². The quantitative estimate of drug-likeness (QED) is 0.175. The van der Waals surface area contributed by atoms with Crippen LogP contribution in [0.25, 0.3) is 10.8 Å². The Morgan fingerprint density at radius 2 is 1.82 bits per heavy atom. The zero-order valence-electron chi connectivity index (χ0n) is 17.7. The number of ether oxygens (including phenoxy) is 2. The Morgan fingerprint density at radius 1 is 1.06 bits per heavy atom. The predicted molar refractivity (Wildman–Crippen MR) is 135 cm³/mol. The van der Waals surface area contributed by atoms with E-state index in [2.05, 4.69) is 51.3 Å². The van der Waals surface area contributed by atoms with Gasteiger partial charge in [0, 0.05) is 5.56 Å². The van der Waals surface area contributed by atoms with Gasteiger partial charge in [-0.25, -0.2) is 9.82 Å². The highest BCUT2D eigenvalue weighted by molar-refractivity contribution is 14.1. The lowest BCUT2D eigenvalue weighted by molar-refractivity contribution is 0.0955. The molecule has 0 unspecified atom stereocenters. The smallest absolute Gasteiger partial charge is 0.271 e. The second-order valence-corrected chi connectivity index (χ2v) is 8.33. The van der Waals surface area contributed by atoms with E-state index in [0.717, 1.165) is 25.5 Å². The van der Waals surface area contributed by atoms with Crippen LogP contribution in [0.4, 0.5) is 4.39 Å². The summed E-state index contributed by atoms with van der Waals surface area (Å²) >= 11 is 2.18. The van der Waals surface area contributed by atoms with E-state index in [-0.39, 0.29) is 0 Å². The van der Waals surface area contributed by atoms with Crippen LogP contribution in [-0.4, -0.2) is 19.2 Å². The van der Waals surface area contributed by atoms with Crippen LogP contribution >= 0.6 is 22.6 Å². The Morgan fingerprint density at radius 3 is 2.61 bits per heavy atom. The Kier molecular flexibility index (Phi) is 7.19. The number of benzene rings is 4. The molecule has 4 aromatic carbocycles. The lowest BCUT2D eigenvalue weighted by atomic mass is 10.1. The van der Waals surface area contributed by atoms with E-state index in [1.165, 1.54) is 30.5 Å². The molecule has 1 amide bonds. The van der Waals surface area contributed by atoms with Crippen LogP contribution in [0.15, 0.2) is 84.0 Å². The van der Waals surface area contributed by atoms with Gasteiger partial charge < -0.3 is 9.47 Å². The molecule has 0 heterocycles. The number of nitrogens with one attached hydrogen (secondary N) is 1. The summed E-state index contributed by atoms with van der Waals surface area (Å²) in [6.45, 7) is 0.398. The van der Waals surface area contributed by atoms with Crippen molar-refractivity contribution in [2.24, 2.45) is 5.10 Å². The van der Waals surface area contributed by atoms with Crippen molar-refractivity contribution in [3.05, 3.63) is 105 Å². The van der Waals surface area contributed by atoms with Crippen molar-refractivity contribution in [3.63, 3.8) is 0 Å². The number of hydrogen-bond donors (Lipinski definition) is 1. The summed E-state index contributed by atoms with van der Waals surface area (Å²) in [5.74, 6) is 0.370. The average molecular weight is 554 g/mol. The monoisotopic (exact) mass is 554 g/mol. The first-order valence-electron chi connectivity index (χ1n) is 10.1. The predicted octanol–water partition coefficient (Wildman–Crippen LogP) is 5.94. The highest BCUT2D eigenvalue weighted by Gasteiger charge is 2.12. The van der Waals surface area contributed by atoms with Gasteiger partial charge in [0.25, 0.3) is 5.91 Å². The summed E-state index contributed by atoms with van der Waals surface area (Å²) in [6.07, 6.45) is 1.51. The van der Waals surface area contributed by atoms with Crippen LogP contribution in [0, 0.1) is 9.39 Å². The number of carbonyl (C=O) groups is 1. The number of hydrazone groups is 1. The minimum atomic E-state index is -0.428. The SMILES string of the molecule is COc1cc(/C=N\NC(=O)c2ccc(F)cc2)cc(I)c1OCc1cccc2ccccc12. The summed E-state index contributed by atoms with van der Waals surface area (Å²) < 4.78 is 25.5. The summed E-state index contributed by atoms with van der Waals surface area (Å²) in [4.78, 5) is 12.1. The summed E-state index contributed by atoms with van der Waals surface area (Å²) in [7, 11) is 1.58. The van der Waals surface area contributed by atoms with Crippen LogP contribution in [-0.2, 0) is 6.61 Å². The molecule has 1 N–H and O–H groups in total. The molecule has 0 saturated heterocycles. The molecule has 4 aromatic rings. The third kappa shape index (κ3) is 5.48. The van der Waals surface area contributed by atoms with E-state index in [0.29, 0.717) is 23.7 Å². The Balaban J connectivity index is 1.47. The second-order valence-electron chi connectivity index (χ2n) is 7.17. The van der Waals surface area contributed by atoms with E-state index in [1.807, 2.05) is 30.3 Å². The zero-order valence-corrected chi connectivity index (χ0v) is 19.9. The molecule has 0 aliphatic heterocycles. The number of rotatable bonds is 7. The van der Waals surface area contributed by atoms with Crippen molar-refractivity contribution in [1.29, 1.82) is 0 Å². The molecule has 4 rings (SSSR count). The molecule has 0 atom stereocenters. The molecule has 33 heavy (non-hydrogen) atoms. The number of methoxy groups -OCH3 is 1. The van der Waals surface area contributed by atoms with Gasteiger partial charge in [0.15, 0.2) is 11.5 Å². The van der Waals surface area contributed by atoms with Crippen LogP contribution in [0.5, 0.6) is 11.5 Å². The number of halogens is 2. The number of nitrogens with zero attached hydrogens (tertiary/aromatic N) is 1. The molecule has 0 aliphatic carbocycles. The number of carbonyl (C=O) groups excluding carboxylic acids is 1. The fourth-order valence-corrected chi connectivity index (χ4v) is 4.14. The first-order valence-corrected chi connectivity index (χ1v) is 11.2. The molecule has 0 spiro atoms. The van der Waals surface area contributed by atoms with Crippen molar-refractivity contribution in [1.82, 2.24) is 5.43 Å². The van der Waals surface area contributed by atoms with Crippen molar-refractivity contribution in [3.8, 4) is 11.5 Å². The van der Waals surface area contributed by atoms with Gasteiger partial charge in [-0.1, -0.05) is 42.5 Å². The molecule has 0 fully saturated rings. The Bertz CT molecular complexity index is 1320. The maximum atomic E-state index is 13.0.